The number of nitrogens with zero attached hydrogens (tertiary/aromatic N) is 5. The first-order valence-corrected chi connectivity index (χ1v) is 20.4. The van der Waals surface area contributed by atoms with E-state index in [9.17, 15) is 21.6 Å². The van der Waals surface area contributed by atoms with Crippen molar-refractivity contribution >= 4 is 71.9 Å². The zero-order valence-electron chi connectivity index (χ0n) is 29.1. The van der Waals surface area contributed by atoms with E-state index in [2.05, 4.69) is 35.1 Å². The van der Waals surface area contributed by atoms with Crippen molar-refractivity contribution in [1.82, 2.24) is 19.8 Å². The molecule has 2 fully saturated rings. The summed E-state index contributed by atoms with van der Waals surface area (Å²) in [5.41, 5.74) is 1.72. The van der Waals surface area contributed by atoms with Gasteiger partial charge in [0.15, 0.2) is 15.7 Å². The van der Waals surface area contributed by atoms with Crippen LogP contribution in [0.3, 0.4) is 0 Å². The second-order valence-electron chi connectivity index (χ2n) is 13.1. The largest absolute Gasteiger partial charge is 0.494 e. The number of sulfonamides is 1. The number of nitrogens with one attached hydrogen (secondary N) is 3. The third-order valence-corrected chi connectivity index (χ3v) is 12.0. The standard InChI is InChI=1S/C33H45ClN8O7S2/c1-22(2)51(47,48)30-8-6-5-7-25(30)36-32-24(34)19-35-33(38-32)37-27-17-26(39-50(4,45)46)28(18-29(27)49-3)42-11-9-23(10-12-42)20-40-13-15-41(16-14-40)21-31(43)44/h5-8,17-19,22-23,39H,9-16,20-21H2,1-4H3,(H,43,44)(H2,35,36,37,38). The summed E-state index contributed by atoms with van der Waals surface area (Å²) >= 11 is 6.43. The number of aromatic nitrogens is 2. The summed E-state index contributed by atoms with van der Waals surface area (Å²) in [5.74, 6) is 0.347. The monoisotopic (exact) mass is 764 g/mol. The molecule has 0 amide bonds. The lowest BCUT2D eigenvalue weighted by Gasteiger charge is -2.39. The molecule has 0 saturated carbocycles. The molecule has 0 atom stereocenters. The second-order valence-corrected chi connectivity index (χ2v) is 17.7. The molecule has 18 heteroatoms. The SMILES string of the molecule is COc1cc(N2CCC(CN3CCN(CC(=O)O)CC3)CC2)c(NS(C)(=O)=O)cc1Nc1ncc(Cl)c(Nc2ccccc2S(=O)(=O)C(C)C)n1. The van der Waals surface area contributed by atoms with E-state index in [4.69, 9.17) is 21.4 Å². The van der Waals surface area contributed by atoms with Gasteiger partial charge in [0.05, 0.1) is 59.0 Å². The first-order valence-electron chi connectivity index (χ1n) is 16.6. The molecule has 0 spiro atoms. The minimum Gasteiger partial charge on any atom is -0.494 e. The number of ether oxygens (including phenoxy) is 1. The van der Waals surface area contributed by atoms with Gasteiger partial charge in [-0.1, -0.05) is 23.7 Å². The fourth-order valence-electron chi connectivity index (χ4n) is 6.26. The molecule has 15 nitrogen and oxygen atoms in total. The van der Waals surface area contributed by atoms with E-state index in [1.54, 1.807) is 44.2 Å². The van der Waals surface area contributed by atoms with Crippen LogP contribution in [0.25, 0.3) is 0 Å². The number of benzene rings is 2. The van der Waals surface area contributed by atoms with Crippen molar-refractivity contribution < 1.29 is 31.5 Å². The smallest absolute Gasteiger partial charge is 0.317 e. The van der Waals surface area contributed by atoms with Gasteiger partial charge in [-0.25, -0.2) is 21.8 Å². The van der Waals surface area contributed by atoms with Gasteiger partial charge in [-0.3, -0.25) is 14.4 Å². The fourth-order valence-corrected chi connectivity index (χ4v) is 8.16. The number of rotatable bonds is 14. The van der Waals surface area contributed by atoms with Gasteiger partial charge in [0, 0.05) is 51.9 Å². The minimum absolute atomic E-state index is 0.0701. The number of para-hydroxylation sites is 1. The van der Waals surface area contributed by atoms with Crippen molar-refractivity contribution in [1.29, 1.82) is 0 Å². The predicted molar refractivity (Wildman–Crippen MR) is 199 cm³/mol. The first kappa shape index (κ1) is 38.3. The summed E-state index contributed by atoms with van der Waals surface area (Å²) in [5, 5.41) is 14.7. The number of carboxylic acid groups (broad SMARTS) is 1. The van der Waals surface area contributed by atoms with Crippen LogP contribution in [0.15, 0.2) is 47.5 Å². The van der Waals surface area contributed by atoms with E-state index in [0.29, 0.717) is 47.5 Å². The van der Waals surface area contributed by atoms with Gasteiger partial charge < -0.3 is 30.3 Å². The Morgan fingerprint density at radius 1 is 0.980 bits per heavy atom. The number of carboxylic acids is 1. The lowest BCUT2D eigenvalue weighted by atomic mass is 9.95. The molecule has 2 aliphatic heterocycles. The molecule has 51 heavy (non-hydrogen) atoms. The number of methoxy groups -OCH3 is 1. The van der Waals surface area contributed by atoms with Crippen LogP contribution in [0.2, 0.25) is 5.02 Å². The summed E-state index contributed by atoms with van der Waals surface area (Å²) in [6, 6.07) is 9.90. The Hall–Kier alpha value is -3.90. The van der Waals surface area contributed by atoms with Crippen LogP contribution in [0, 0.1) is 5.92 Å². The van der Waals surface area contributed by atoms with Crippen molar-refractivity contribution in [2.24, 2.45) is 5.92 Å². The third kappa shape index (κ3) is 9.91. The summed E-state index contributed by atoms with van der Waals surface area (Å²) in [7, 11) is -5.77. The Balaban J connectivity index is 1.33. The lowest BCUT2D eigenvalue weighted by molar-refractivity contribution is -0.138. The van der Waals surface area contributed by atoms with E-state index < -0.39 is 31.1 Å². The maximum atomic E-state index is 13.0. The van der Waals surface area contributed by atoms with Gasteiger partial charge >= 0.3 is 5.97 Å². The molecule has 0 radical (unpaired) electrons. The number of hydrogen-bond acceptors (Lipinski definition) is 13. The molecule has 0 bridgehead atoms. The van der Waals surface area contributed by atoms with Crippen LogP contribution >= 0.6 is 11.6 Å². The number of sulfone groups is 1. The highest BCUT2D eigenvalue weighted by Gasteiger charge is 2.28. The topological polar surface area (TPSA) is 186 Å². The van der Waals surface area contributed by atoms with E-state index in [0.717, 1.165) is 51.8 Å². The number of aliphatic carboxylic acids is 1. The molecule has 278 valence electrons. The first-order chi connectivity index (χ1) is 24.1. The average molecular weight is 765 g/mol. The predicted octanol–water partition coefficient (Wildman–Crippen LogP) is 4.10. The zero-order valence-corrected chi connectivity index (χ0v) is 31.5. The van der Waals surface area contributed by atoms with Crippen molar-refractivity contribution in [2.45, 2.75) is 36.8 Å². The summed E-state index contributed by atoms with van der Waals surface area (Å²) < 4.78 is 59.4. The quantitative estimate of drug-likeness (QED) is 0.184. The molecular weight excluding hydrogens is 720 g/mol. The number of anilines is 6. The van der Waals surface area contributed by atoms with Crippen LogP contribution in [-0.2, 0) is 24.7 Å². The molecule has 2 aromatic carbocycles. The van der Waals surface area contributed by atoms with Gasteiger partial charge in [-0.2, -0.15) is 4.98 Å². The maximum Gasteiger partial charge on any atom is 0.317 e. The molecule has 4 N–H and O–H groups in total. The molecule has 0 unspecified atom stereocenters. The van der Waals surface area contributed by atoms with Crippen LogP contribution < -0.4 is 25.0 Å². The Morgan fingerprint density at radius 3 is 2.27 bits per heavy atom. The molecule has 1 aromatic heterocycles. The summed E-state index contributed by atoms with van der Waals surface area (Å²) in [6.45, 7) is 8.79. The molecule has 5 rings (SSSR count). The Morgan fingerprint density at radius 2 is 1.65 bits per heavy atom. The molecule has 2 saturated heterocycles. The van der Waals surface area contributed by atoms with Crippen molar-refractivity contribution in [3.05, 3.63) is 47.6 Å². The Kier molecular flexibility index (Phi) is 12.2. The number of piperidine rings is 1. The van der Waals surface area contributed by atoms with Crippen molar-refractivity contribution in [3.63, 3.8) is 0 Å². The lowest BCUT2D eigenvalue weighted by Crippen LogP contribution is -2.49. The Labute approximate surface area is 304 Å². The molecule has 3 heterocycles. The van der Waals surface area contributed by atoms with E-state index in [1.807, 2.05) is 4.90 Å². The highest BCUT2D eigenvalue weighted by molar-refractivity contribution is 7.92. The van der Waals surface area contributed by atoms with Crippen LogP contribution in [-0.4, -0.2) is 119 Å². The molecule has 0 aliphatic carbocycles. The molecule has 2 aliphatic rings. The summed E-state index contributed by atoms with van der Waals surface area (Å²) in [6.07, 6.45) is 4.28. The maximum absolute atomic E-state index is 13.0. The second kappa shape index (κ2) is 16.2. The fraction of sp³-hybridized carbons (Fsp3) is 0.485. The zero-order chi connectivity index (χ0) is 36.9. The van der Waals surface area contributed by atoms with Crippen LogP contribution in [0.5, 0.6) is 5.75 Å². The normalized spacial score (nSPS) is 16.6. The highest BCUT2D eigenvalue weighted by atomic mass is 35.5. The average Bonchev–Trinajstić information content (AvgIpc) is 3.07. The number of halogens is 1. The van der Waals surface area contributed by atoms with Gasteiger partial charge in [0.1, 0.15) is 10.8 Å². The molecular formula is C33H45ClN8O7S2. The van der Waals surface area contributed by atoms with Gasteiger partial charge in [-0.15, -0.1) is 0 Å². The van der Waals surface area contributed by atoms with Gasteiger partial charge in [-0.05, 0) is 50.8 Å². The van der Waals surface area contributed by atoms with Crippen molar-refractivity contribution in [3.8, 4) is 5.75 Å². The number of hydrogen-bond donors (Lipinski definition) is 4. The van der Waals surface area contributed by atoms with Crippen LogP contribution in [0.1, 0.15) is 26.7 Å². The number of piperazine rings is 1. The Bertz CT molecular complexity index is 1930. The number of carbonyl (C=O) groups is 1. The van der Waals surface area contributed by atoms with Gasteiger partial charge in [0.2, 0.25) is 16.0 Å². The van der Waals surface area contributed by atoms with E-state index in [-0.39, 0.29) is 28.2 Å². The van der Waals surface area contributed by atoms with Gasteiger partial charge in [0.25, 0.3) is 0 Å². The minimum atomic E-state index is -3.66. The van der Waals surface area contributed by atoms with Crippen molar-refractivity contribution in [2.75, 3.05) is 86.0 Å². The molecule has 3 aromatic rings. The third-order valence-electron chi connectivity index (χ3n) is 8.97. The summed E-state index contributed by atoms with van der Waals surface area (Å²) in [4.78, 5) is 26.4. The van der Waals surface area contributed by atoms with E-state index in [1.165, 1.54) is 19.4 Å². The van der Waals surface area contributed by atoms with Crippen LogP contribution in [0.4, 0.5) is 34.5 Å². The highest BCUT2D eigenvalue weighted by Crippen LogP contribution is 2.40. The van der Waals surface area contributed by atoms with E-state index >= 15 is 0 Å².